The molecule has 0 radical (unpaired) electrons. The molecule has 0 aliphatic heterocycles. The number of unbranched alkanes of at least 4 members (excludes halogenated alkanes) is 2. The van der Waals surface area contributed by atoms with Crippen LogP contribution in [0.3, 0.4) is 0 Å². The third-order valence-electron chi connectivity index (χ3n) is 3.84. The lowest BCUT2D eigenvalue weighted by Gasteiger charge is -2.26. The molecule has 1 fully saturated rings. The van der Waals surface area contributed by atoms with Crippen molar-refractivity contribution in [2.75, 3.05) is 6.54 Å². The molecule has 19 heavy (non-hydrogen) atoms. The van der Waals surface area contributed by atoms with Crippen LogP contribution in [0, 0.1) is 5.92 Å². The van der Waals surface area contributed by atoms with Crippen LogP contribution >= 0.6 is 0 Å². The van der Waals surface area contributed by atoms with Crippen LogP contribution in [0.4, 0.5) is 0 Å². The number of rotatable bonds is 7. The molecule has 0 atom stereocenters. The second-order valence-electron chi connectivity index (χ2n) is 5.82. The average molecular weight is 268 g/mol. The number of carbonyl (C=O) groups excluding carboxylic acids is 2. The Hall–Kier alpha value is -1.06. The smallest absolute Gasteiger partial charge is 0.220 e. The number of hydrogen-bond donors (Lipinski definition) is 2. The van der Waals surface area contributed by atoms with E-state index in [-0.39, 0.29) is 11.8 Å². The Balaban J connectivity index is 1.97. The van der Waals surface area contributed by atoms with E-state index in [1.807, 2.05) is 0 Å². The van der Waals surface area contributed by atoms with Gasteiger partial charge in [-0.2, -0.15) is 0 Å². The summed E-state index contributed by atoms with van der Waals surface area (Å²) in [5.74, 6) is 1.03. The predicted octanol–water partition coefficient (Wildman–Crippen LogP) is 2.38. The quantitative estimate of drug-likeness (QED) is 0.696. The highest BCUT2D eigenvalue weighted by molar-refractivity contribution is 5.76. The van der Waals surface area contributed by atoms with Crippen LogP contribution in [-0.2, 0) is 9.59 Å². The molecule has 1 saturated carbocycles. The van der Waals surface area contributed by atoms with Crippen LogP contribution in [-0.4, -0.2) is 24.4 Å². The van der Waals surface area contributed by atoms with Gasteiger partial charge in [0.05, 0.1) is 0 Å². The topological polar surface area (TPSA) is 58.2 Å². The molecule has 0 aromatic heterocycles. The fourth-order valence-electron chi connectivity index (χ4n) is 2.56. The van der Waals surface area contributed by atoms with Gasteiger partial charge < -0.3 is 10.6 Å². The van der Waals surface area contributed by atoms with Gasteiger partial charge in [0.1, 0.15) is 0 Å². The number of amides is 2. The lowest BCUT2D eigenvalue weighted by molar-refractivity contribution is -0.122. The molecule has 0 heterocycles. The Labute approximate surface area is 116 Å². The summed E-state index contributed by atoms with van der Waals surface area (Å²) in [6.07, 6.45) is 8.22. The highest BCUT2D eigenvalue weighted by Crippen LogP contribution is 2.23. The summed E-state index contributed by atoms with van der Waals surface area (Å²) >= 11 is 0. The second-order valence-corrected chi connectivity index (χ2v) is 5.82. The molecule has 4 nitrogen and oxygen atoms in total. The summed E-state index contributed by atoms with van der Waals surface area (Å²) < 4.78 is 0. The van der Waals surface area contributed by atoms with Crippen molar-refractivity contribution in [2.45, 2.75) is 71.3 Å². The first-order chi connectivity index (χ1) is 9.08. The largest absolute Gasteiger partial charge is 0.356 e. The van der Waals surface area contributed by atoms with Crippen LogP contribution in [0.25, 0.3) is 0 Å². The van der Waals surface area contributed by atoms with Crippen molar-refractivity contribution >= 4 is 11.8 Å². The fourth-order valence-corrected chi connectivity index (χ4v) is 2.56. The molecule has 1 aliphatic rings. The van der Waals surface area contributed by atoms with E-state index in [0.29, 0.717) is 12.5 Å². The lowest BCUT2D eigenvalue weighted by Crippen LogP contribution is -2.37. The van der Waals surface area contributed by atoms with E-state index >= 15 is 0 Å². The molecule has 0 spiro atoms. The van der Waals surface area contributed by atoms with E-state index in [9.17, 15) is 9.59 Å². The van der Waals surface area contributed by atoms with Gasteiger partial charge in [0.2, 0.25) is 11.8 Å². The Bertz CT molecular complexity index is 284. The summed E-state index contributed by atoms with van der Waals surface area (Å²) in [6.45, 7) is 4.53. The van der Waals surface area contributed by atoms with E-state index in [1.54, 1.807) is 0 Å². The molecule has 110 valence electrons. The first-order valence-electron chi connectivity index (χ1n) is 7.61. The SMILES string of the molecule is CC(=O)NCCCCCC(=O)NC1CCC(C)CC1. The summed E-state index contributed by atoms with van der Waals surface area (Å²) in [5, 5.41) is 5.90. The van der Waals surface area contributed by atoms with Gasteiger partial charge in [-0.3, -0.25) is 9.59 Å². The van der Waals surface area contributed by atoms with E-state index < -0.39 is 0 Å². The number of nitrogens with one attached hydrogen (secondary N) is 2. The minimum atomic E-state index is 0.0178. The van der Waals surface area contributed by atoms with E-state index in [0.717, 1.165) is 44.6 Å². The lowest BCUT2D eigenvalue weighted by atomic mass is 9.87. The van der Waals surface area contributed by atoms with Crippen LogP contribution in [0.15, 0.2) is 0 Å². The van der Waals surface area contributed by atoms with E-state index in [2.05, 4.69) is 17.6 Å². The summed E-state index contributed by atoms with van der Waals surface area (Å²) in [7, 11) is 0. The normalized spacial score (nSPS) is 22.8. The van der Waals surface area contributed by atoms with Gasteiger partial charge in [0.15, 0.2) is 0 Å². The van der Waals surface area contributed by atoms with Crippen LogP contribution in [0.1, 0.15) is 65.2 Å². The average Bonchev–Trinajstić information content (AvgIpc) is 2.36. The molecule has 0 aromatic carbocycles. The summed E-state index contributed by atoms with van der Waals surface area (Å²) in [4.78, 5) is 22.4. The highest BCUT2D eigenvalue weighted by Gasteiger charge is 2.19. The monoisotopic (exact) mass is 268 g/mol. The second kappa shape index (κ2) is 8.94. The molecular weight excluding hydrogens is 240 g/mol. The van der Waals surface area contributed by atoms with Crippen molar-refractivity contribution < 1.29 is 9.59 Å². The first-order valence-corrected chi connectivity index (χ1v) is 7.61. The Morgan fingerprint density at radius 2 is 1.74 bits per heavy atom. The maximum Gasteiger partial charge on any atom is 0.220 e. The maximum absolute atomic E-state index is 11.8. The van der Waals surface area contributed by atoms with Crippen molar-refractivity contribution in [3.05, 3.63) is 0 Å². The van der Waals surface area contributed by atoms with Gasteiger partial charge in [-0.05, 0) is 44.4 Å². The molecule has 2 N–H and O–H groups in total. The standard InChI is InChI=1S/C15H28N2O2/c1-12-7-9-14(10-8-12)17-15(19)6-4-3-5-11-16-13(2)18/h12,14H,3-11H2,1-2H3,(H,16,18)(H,17,19). The van der Waals surface area contributed by atoms with Crippen LogP contribution in [0.2, 0.25) is 0 Å². The van der Waals surface area contributed by atoms with Gasteiger partial charge in [-0.15, -0.1) is 0 Å². The van der Waals surface area contributed by atoms with E-state index in [4.69, 9.17) is 0 Å². The zero-order chi connectivity index (χ0) is 14.1. The predicted molar refractivity (Wildman–Crippen MR) is 76.7 cm³/mol. The zero-order valence-electron chi connectivity index (χ0n) is 12.3. The van der Waals surface area contributed by atoms with Gasteiger partial charge in [0, 0.05) is 25.9 Å². The molecule has 0 saturated heterocycles. The van der Waals surface area contributed by atoms with Crippen molar-refractivity contribution in [1.29, 1.82) is 0 Å². The summed E-state index contributed by atoms with van der Waals surface area (Å²) in [6, 6.07) is 0.406. The molecule has 0 unspecified atom stereocenters. The van der Waals surface area contributed by atoms with Gasteiger partial charge in [0.25, 0.3) is 0 Å². The van der Waals surface area contributed by atoms with Crippen molar-refractivity contribution in [3.63, 3.8) is 0 Å². The third-order valence-corrected chi connectivity index (χ3v) is 3.84. The fraction of sp³-hybridized carbons (Fsp3) is 0.867. The van der Waals surface area contributed by atoms with Crippen LogP contribution in [0.5, 0.6) is 0 Å². The number of carbonyl (C=O) groups is 2. The minimum Gasteiger partial charge on any atom is -0.356 e. The maximum atomic E-state index is 11.8. The molecule has 0 aromatic rings. The first kappa shape index (κ1) is 16.0. The summed E-state index contributed by atoms with van der Waals surface area (Å²) in [5.41, 5.74) is 0. The highest BCUT2D eigenvalue weighted by atomic mass is 16.2. The molecular formula is C15H28N2O2. The van der Waals surface area contributed by atoms with Crippen molar-refractivity contribution in [1.82, 2.24) is 10.6 Å². The third kappa shape index (κ3) is 7.85. The molecule has 1 aliphatic carbocycles. The molecule has 0 bridgehead atoms. The van der Waals surface area contributed by atoms with Crippen LogP contribution < -0.4 is 10.6 Å². The Kier molecular flexibility index (Phi) is 7.53. The van der Waals surface area contributed by atoms with Crippen molar-refractivity contribution in [2.24, 2.45) is 5.92 Å². The molecule has 2 amide bonds. The van der Waals surface area contributed by atoms with Gasteiger partial charge in [-0.1, -0.05) is 13.3 Å². The molecule has 4 heteroatoms. The zero-order valence-corrected chi connectivity index (χ0v) is 12.3. The Morgan fingerprint density at radius 1 is 1.05 bits per heavy atom. The van der Waals surface area contributed by atoms with Crippen molar-refractivity contribution in [3.8, 4) is 0 Å². The Morgan fingerprint density at radius 3 is 2.37 bits per heavy atom. The molecule has 1 rings (SSSR count). The van der Waals surface area contributed by atoms with Gasteiger partial charge >= 0.3 is 0 Å². The number of hydrogen-bond acceptors (Lipinski definition) is 2. The van der Waals surface area contributed by atoms with Gasteiger partial charge in [-0.25, -0.2) is 0 Å². The van der Waals surface area contributed by atoms with E-state index in [1.165, 1.54) is 19.8 Å². The minimum absolute atomic E-state index is 0.0178.